The zero-order valence-corrected chi connectivity index (χ0v) is 19.4. The normalized spacial score (nSPS) is 19.0. The molecule has 2 amide bonds. The lowest BCUT2D eigenvalue weighted by molar-refractivity contribution is -0.596. The molecule has 3 aromatic carbocycles. The number of hydrazine groups is 1. The van der Waals surface area contributed by atoms with E-state index >= 15 is 0 Å². The number of ether oxygens (including phenoxy) is 1. The number of amides is 2. The lowest BCUT2D eigenvalue weighted by Gasteiger charge is -2.15. The molecule has 2 N–H and O–H groups in total. The molecule has 32 heavy (non-hydrogen) atoms. The van der Waals surface area contributed by atoms with E-state index in [1.54, 1.807) is 48.2 Å². The van der Waals surface area contributed by atoms with Crippen molar-refractivity contribution in [2.75, 3.05) is 7.11 Å². The zero-order valence-electron chi connectivity index (χ0n) is 17.1. The summed E-state index contributed by atoms with van der Waals surface area (Å²) in [5.74, 6) is -0.00750. The van der Waals surface area contributed by atoms with Gasteiger partial charge in [0.1, 0.15) is 5.75 Å². The van der Waals surface area contributed by atoms with Gasteiger partial charge in [0.05, 0.1) is 7.11 Å². The van der Waals surface area contributed by atoms with Crippen LogP contribution in [0.25, 0.3) is 0 Å². The molecule has 8 heteroatoms. The lowest BCUT2D eigenvalue weighted by Crippen LogP contribution is -2.42. The molecule has 162 valence electrons. The number of methoxy groups -OCH3 is 1. The molecular formula is C24H20BrClN3O3+. The Balaban J connectivity index is 1.67. The number of nitrogens with zero attached hydrogens (tertiary/aromatic N) is 1. The SMILES string of the molecule is COc1ccc(C(=O)N[C@H]2C(=O)N/[N+](=C\c3ccc(Br)cc3)[C@H]2c2ccc(Cl)cc2)cc1. The quantitative estimate of drug-likeness (QED) is 0.504. The second-order valence-corrected chi connectivity index (χ2v) is 8.59. The number of benzene rings is 3. The molecule has 0 aliphatic carbocycles. The van der Waals surface area contributed by atoms with Crippen molar-refractivity contribution in [1.29, 1.82) is 0 Å². The molecule has 0 aromatic heterocycles. The van der Waals surface area contributed by atoms with Gasteiger partial charge in [-0.3, -0.25) is 9.59 Å². The number of rotatable bonds is 5. The van der Waals surface area contributed by atoms with Gasteiger partial charge in [0, 0.05) is 26.2 Å². The number of hydrogen-bond donors (Lipinski definition) is 2. The van der Waals surface area contributed by atoms with Crippen LogP contribution >= 0.6 is 27.5 Å². The molecular weight excluding hydrogens is 494 g/mol. The molecule has 1 aliphatic heterocycles. The van der Waals surface area contributed by atoms with Crippen LogP contribution in [0.2, 0.25) is 5.02 Å². The largest absolute Gasteiger partial charge is 0.497 e. The Hall–Kier alpha value is -3.16. The minimum Gasteiger partial charge on any atom is -0.497 e. The highest BCUT2D eigenvalue weighted by molar-refractivity contribution is 9.10. The average molecular weight is 514 g/mol. The van der Waals surface area contributed by atoms with Crippen LogP contribution in [-0.4, -0.2) is 35.9 Å². The summed E-state index contributed by atoms with van der Waals surface area (Å²) in [7, 11) is 1.56. The maximum Gasteiger partial charge on any atom is 0.304 e. The molecule has 0 saturated carbocycles. The van der Waals surface area contributed by atoms with Crippen molar-refractivity contribution in [2.45, 2.75) is 12.1 Å². The summed E-state index contributed by atoms with van der Waals surface area (Å²) in [6, 6.07) is 20.4. The first-order chi connectivity index (χ1) is 15.4. The van der Waals surface area contributed by atoms with E-state index in [1.807, 2.05) is 42.6 Å². The van der Waals surface area contributed by atoms with Crippen LogP contribution in [0.1, 0.15) is 27.5 Å². The molecule has 0 bridgehead atoms. The van der Waals surface area contributed by atoms with Crippen molar-refractivity contribution < 1.29 is 19.0 Å². The van der Waals surface area contributed by atoms with E-state index in [2.05, 4.69) is 26.7 Å². The van der Waals surface area contributed by atoms with Crippen LogP contribution in [0.3, 0.4) is 0 Å². The van der Waals surface area contributed by atoms with Gasteiger partial charge in [-0.15, -0.1) is 10.1 Å². The van der Waals surface area contributed by atoms with Crippen LogP contribution < -0.4 is 15.5 Å². The molecule has 3 aromatic rings. The summed E-state index contributed by atoms with van der Waals surface area (Å²) >= 11 is 9.49. The Morgan fingerprint density at radius 2 is 1.72 bits per heavy atom. The second-order valence-electron chi connectivity index (χ2n) is 7.24. The summed E-state index contributed by atoms with van der Waals surface area (Å²) in [5.41, 5.74) is 5.03. The van der Waals surface area contributed by atoms with E-state index in [0.29, 0.717) is 16.3 Å². The number of nitrogens with one attached hydrogen (secondary N) is 2. The third-order valence-electron chi connectivity index (χ3n) is 5.15. The topological polar surface area (TPSA) is 70.4 Å². The molecule has 1 fully saturated rings. The third kappa shape index (κ3) is 4.84. The predicted octanol–water partition coefficient (Wildman–Crippen LogP) is 4.13. The minimum atomic E-state index is -0.808. The van der Waals surface area contributed by atoms with Crippen LogP contribution in [0.5, 0.6) is 5.75 Å². The van der Waals surface area contributed by atoms with Crippen molar-refractivity contribution in [1.82, 2.24) is 10.7 Å². The number of carbonyl (C=O) groups excluding carboxylic acids is 2. The summed E-state index contributed by atoms with van der Waals surface area (Å²) in [5, 5.41) is 3.47. The average Bonchev–Trinajstić information content (AvgIpc) is 3.10. The molecule has 0 spiro atoms. The number of hydrogen-bond acceptors (Lipinski definition) is 3. The van der Waals surface area contributed by atoms with Crippen molar-refractivity contribution in [3.63, 3.8) is 0 Å². The molecule has 1 saturated heterocycles. The fourth-order valence-electron chi connectivity index (χ4n) is 3.52. The van der Waals surface area contributed by atoms with Crippen LogP contribution in [-0.2, 0) is 4.79 Å². The highest BCUT2D eigenvalue weighted by Crippen LogP contribution is 2.27. The lowest BCUT2D eigenvalue weighted by atomic mass is 9.99. The van der Waals surface area contributed by atoms with Crippen molar-refractivity contribution >= 4 is 45.6 Å². The first-order valence-electron chi connectivity index (χ1n) is 9.84. The van der Waals surface area contributed by atoms with Crippen molar-refractivity contribution in [3.05, 3.63) is 99.0 Å². The van der Waals surface area contributed by atoms with Crippen LogP contribution in [0.15, 0.2) is 77.3 Å². The Morgan fingerprint density at radius 1 is 1.06 bits per heavy atom. The maximum atomic E-state index is 12.9. The third-order valence-corrected chi connectivity index (χ3v) is 5.93. The van der Waals surface area contributed by atoms with Gasteiger partial charge in [-0.2, -0.15) is 0 Å². The van der Waals surface area contributed by atoms with Gasteiger partial charge in [-0.1, -0.05) is 39.7 Å². The second kappa shape index (κ2) is 9.54. The molecule has 6 nitrogen and oxygen atoms in total. The van der Waals surface area contributed by atoms with Gasteiger partial charge in [0.15, 0.2) is 6.04 Å². The van der Waals surface area contributed by atoms with E-state index in [4.69, 9.17) is 16.3 Å². The fourth-order valence-corrected chi connectivity index (χ4v) is 3.91. The van der Waals surface area contributed by atoms with Gasteiger partial charge in [-0.25, -0.2) is 0 Å². The maximum absolute atomic E-state index is 12.9. The molecule has 1 aliphatic rings. The molecule has 0 unspecified atom stereocenters. The number of hydrazone groups is 1. The molecule has 4 rings (SSSR count). The number of halogens is 2. The van der Waals surface area contributed by atoms with Gasteiger partial charge in [0.2, 0.25) is 12.3 Å². The zero-order chi connectivity index (χ0) is 22.7. The van der Waals surface area contributed by atoms with E-state index in [0.717, 1.165) is 15.6 Å². The number of carbonyl (C=O) groups is 2. The fraction of sp³-hybridized carbons (Fsp3) is 0.125. The highest BCUT2D eigenvalue weighted by atomic mass is 79.9. The Bertz CT molecular complexity index is 1160. The Morgan fingerprint density at radius 3 is 2.34 bits per heavy atom. The Kier molecular flexibility index (Phi) is 6.58. The van der Waals surface area contributed by atoms with E-state index in [-0.39, 0.29) is 11.8 Å². The minimum absolute atomic E-state index is 0.305. The Labute approximate surface area is 199 Å². The summed E-state index contributed by atoms with van der Waals surface area (Å²) in [6.07, 6.45) is 1.84. The summed E-state index contributed by atoms with van der Waals surface area (Å²) < 4.78 is 7.82. The monoisotopic (exact) mass is 512 g/mol. The van der Waals surface area contributed by atoms with E-state index in [9.17, 15) is 9.59 Å². The van der Waals surface area contributed by atoms with Gasteiger partial charge in [-0.05, 0) is 60.7 Å². The predicted molar refractivity (Wildman–Crippen MR) is 126 cm³/mol. The first-order valence-corrected chi connectivity index (χ1v) is 11.0. The van der Waals surface area contributed by atoms with Crippen molar-refractivity contribution in [3.8, 4) is 5.75 Å². The van der Waals surface area contributed by atoms with Gasteiger partial charge < -0.3 is 10.1 Å². The molecule has 0 radical (unpaired) electrons. The van der Waals surface area contributed by atoms with Crippen molar-refractivity contribution in [2.24, 2.45) is 0 Å². The van der Waals surface area contributed by atoms with Gasteiger partial charge in [0.25, 0.3) is 5.91 Å². The summed E-state index contributed by atoms with van der Waals surface area (Å²) in [6.45, 7) is 0. The summed E-state index contributed by atoms with van der Waals surface area (Å²) in [4.78, 5) is 25.8. The standard InChI is InChI=1S/C24H19BrClN3O3/c1-32-20-12-6-17(7-13-20)23(30)27-21-22(16-4-10-19(26)11-5-16)29(28-24(21)31)14-15-2-8-18(25)9-3-15/h2-14,21-22H,1H3,(H-,27,28,30,31)/p+1/b29-14-/t21-,22+/m1/s1. The van der Waals surface area contributed by atoms with E-state index < -0.39 is 12.1 Å². The van der Waals surface area contributed by atoms with Gasteiger partial charge >= 0.3 is 5.91 Å². The van der Waals surface area contributed by atoms with E-state index in [1.165, 1.54) is 0 Å². The highest BCUT2D eigenvalue weighted by Gasteiger charge is 2.47. The smallest absolute Gasteiger partial charge is 0.304 e. The first kappa shape index (κ1) is 22.0. The van der Waals surface area contributed by atoms with Crippen LogP contribution in [0.4, 0.5) is 0 Å². The molecule has 1 heterocycles. The molecule has 2 atom stereocenters. The van der Waals surface area contributed by atoms with Crippen LogP contribution in [0, 0.1) is 0 Å².